The second kappa shape index (κ2) is 11.2. The number of halogens is 1. The third kappa shape index (κ3) is 5.32. The zero-order valence-electron chi connectivity index (χ0n) is 19.8. The normalized spacial score (nSPS) is 11.1. The van der Waals surface area contributed by atoms with Crippen molar-refractivity contribution in [3.63, 3.8) is 0 Å². The van der Waals surface area contributed by atoms with Gasteiger partial charge >= 0.3 is 11.7 Å². The van der Waals surface area contributed by atoms with Crippen molar-refractivity contribution in [3.8, 4) is 0 Å². The molecule has 192 valence electrons. The molecule has 0 bridgehead atoms. The first-order valence-electron chi connectivity index (χ1n) is 11.2. The highest BCUT2D eigenvalue weighted by Crippen LogP contribution is 2.20. The summed E-state index contributed by atoms with van der Waals surface area (Å²) < 4.78 is 14.2. The maximum atomic E-state index is 13.4. The van der Waals surface area contributed by atoms with Crippen molar-refractivity contribution in [2.75, 3.05) is 7.11 Å². The Labute approximate surface area is 215 Å². The third-order valence-corrected chi connectivity index (χ3v) is 6.11. The summed E-state index contributed by atoms with van der Waals surface area (Å²) >= 11 is 6.14. The van der Waals surface area contributed by atoms with E-state index >= 15 is 0 Å². The molecule has 0 amide bonds. The van der Waals surface area contributed by atoms with E-state index in [2.05, 4.69) is 0 Å². The lowest BCUT2D eigenvalue weighted by atomic mass is 10.1. The van der Waals surface area contributed by atoms with E-state index in [1.54, 1.807) is 16.7 Å². The largest absolute Gasteiger partial charge is 0.465 e. The highest BCUT2D eigenvalue weighted by atomic mass is 35.5. The van der Waals surface area contributed by atoms with Crippen molar-refractivity contribution in [2.45, 2.75) is 32.3 Å². The number of benzene rings is 2. The second-order valence-electron chi connectivity index (χ2n) is 8.13. The standard InChI is InChI=1S/C25H23ClN4O7/c1-36-24(32)20-13-27(12-11-17-7-9-19(10-8-17)30(34)35)22-21(20)23(31)29(25(33)28(22)15-26)16-37-14-18-5-3-2-4-6-18/h2-10,13H,11-12,14-16H2,1H3. The summed E-state index contributed by atoms with van der Waals surface area (Å²) in [6.07, 6.45) is 1.85. The van der Waals surface area contributed by atoms with E-state index in [1.807, 2.05) is 30.3 Å². The molecule has 12 heteroatoms. The summed E-state index contributed by atoms with van der Waals surface area (Å²) in [5.41, 5.74) is 0.384. The molecule has 0 atom stereocenters. The molecule has 0 fully saturated rings. The fraction of sp³-hybridized carbons (Fsp3) is 0.240. The molecule has 0 radical (unpaired) electrons. The minimum absolute atomic E-state index is 0.0122. The van der Waals surface area contributed by atoms with Crippen LogP contribution in [0.15, 0.2) is 70.4 Å². The van der Waals surface area contributed by atoms with E-state index in [1.165, 1.54) is 30.0 Å². The van der Waals surface area contributed by atoms with Gasteiger partial charge in [-0.25, -0.2) is 14.2 Å². The van der Waals surface area contributed by atoms with Crippen molar-refractivity contribution in [2.24, 2.45) is 0 Å². The zero-order valence-corrected chi connectivity index (χ0v) is 20.6. The minimum atomic E-state index is -0.743. The molecule has 4 rings (SSSR count). The molecule has 0 aliphatic carbocycles. The van der Waals surface area contributed by atoms with Gasteiger partial charge in [-0.15, -0.1) is 11.6 Å². The van der Waals surface area contributed by atoms with Gasteiger partial charge in [0.25, 0.3) is 11.2 Å². The number of nitro benzene ring substituents is 1. The highest BCUT2D eigenvalue weighted by molar-refractivity contribution is 6.16. The number of non-ortho nitro benzene ring substituents is 1. The summed E-state index contributed by atoms with van der Waals surface area (Å²) in [4.78, 5) is 49.6. The Kier molecular flexibility index (Phi) is 7.85. The first-order chi connectivity index (χ1) is 17.8. The Hall–Kier alpha value is -4.22. The van der Waals surface area contributed by atoms with Crippen molar-refractivity contribution in [3.05, 3.63) is 108 Å². The van der Waals surface area contributed by atoms with E-state index in [0.717, 1.165) is 15.7 Å². The van der Waals surface area contributed by atoms with Gasteiger partial charge in [0.1, 0.15) is 18.4 Å². The Balaban J connectivity index is 1.73. The Morgan fingerprint density at radius 3 is 2.35 bits per heavy atom. The number of esters is 1. The average molecular weight is 527 g/mol. The Bertz CT molecular complexity index is 1560. The minimum Gasteiger partial charge on any atom is -0.465 e. The monoisotopic (exact) mass is 526 g/mol. The van der Waals surface area contributed by atoms with E-state index in [4.69, 9.17) is 21.1 Å². The van der Waals surface area contributed by atoms with Gasteiger partial charge in [-0.2, -0.15) is 0 Å². The van der Waals surface area contributed by atoms with E-state index in [9.17, 15) is 24.5 Å². The highest BCUT2D eigenvalue weighted by Gasteiger charge is 2.24. The Morgan fingerprint density at radius 1 is 1.03 bits per heavy atom. The molecule has 0 saturated carbocycles. The SMILES string of the molecule is COC(=O)c1cn(CCc2ccc([N+](=O)[O-])cc2)c2c1c(=O)n(COCc1ccccc1)c(=O)n2CCl. The van der Waals surface area contributed by atoms with Crippen LogP contribution in [-0.2, 0) is 41.8 Å². The first-order valence-corrected chi connectivity index (χ1v) is 11.7. The molecule has 2 heterocycles. The molecule has 0 unspecified atom stereocenters. The van der Waals surface area contributed by atoms with Crippen molar-refractivity contribution >= 4 is 34.3 Å². The Morgan fingerprint density at radius 2 is 1.73 bits per heavy atom. The van der Waals surface area contributed by atoms with Gasteiger partial charge < -0.3 is 14.0 Å². The molecular weight excluding hydrogens is 504 g/mol. The quantitative estimate of drug-likeness (QED) is 0.134. The van der Waals surface area contributed by atoms with Gasteiger partial charge in [-0.1, -0.05) is 42.5 Å². The molecule has 0 aliphatic heterocycles. The number of rotatable bonds is 10. The van der Waals surface area contributed by atoms with Crippen LogP contribution in [0.1, 0.15) is 21.5 Å². The fourth-order valence-corrected chi connectivity index (χ4v) is 4.24. The topological polar surface area (TPSA) is 128 Å². The molecule has 37 heavy (non-hydrogen) atoms. The predicted molar refractivity (Wildman–Crippen MR) is 136 cm³/mol. The van der Waals surface area contributed by atoms with Gasteiger partial charge in [-0.05, 0) is 17.5 Å². The maximum absolute atomic E-state index is 13.4. The molecule has 2 aromatic heterocycles. The maximum Gasteiger partial charge on any atom is 0.340 e. The molecule has 0 aliphatic rings. The van der Waals surface area contributed by atoms with E-state index in [0.29, 0.717) is 6.42 Å². The van der Waals surface area contributed by atoms with Crippen LogP contribution in [0.4, 0.5) is 5.69 Å². The van der Waals surface area contributed by atoms with Crippen LogP contribution in [0.3, 0.4) is 0 Å². The molecule has 0 N–H and O–H groups in total. The molecule has 2 aromatic carbocycles. The zero-order chi connectivity index (χ0) is 26.5. The molecule has 0 spiro atoms. The average Bonchev–Trinajstić information content (AvgIpc) is 3.29. The van der Waals surface area contributed by atoms with Crippen molar-refractivity contribution in [1.82, 2.24) is 13.7 Å². The molecule has 0 saturated heterocycles. The van der Waals surface area contributed by atoms with E-state index < -0.39 is 22.1 Å². The number of methoxy groups -OCH3 is 1. The van der Waals surface area contributed by atoms with Crippen LogP contribution < -0.4 is 11.2 Å². The van der Waals surface area contributed by atoms with Gasteiger partial charge in [0.15, 0.2) is 0 Å². The number of carbonyl (C=O) groups is 1. The second-order valence-corrected chi connectivity index (χ2v) is 8.37. The molecule has 11 nitrogen and oxygen atoms in total. The van der Waals surface area contributed by atoms with Crippen LogP contribution >= 0.6 is 11.6 Å². The molecule has 4 aromatic rings. The number of alkyl halides is 1. The van der Waals surface area contributed by atoms with E-state index in [-0.39, 0.29) is 48.2 Å². The predicted octanol–water partition coefficient (Wildman–Crippen LogP) is 3.27. The lowest BCUT2D eigenvalue weighted by molar-refractivity contribution is -0.384. The number of nitro groups is 1. The first kappa shape index (κ1) is 25.9. The lowest BCUT2D eigenvalue weighted by Crippen LogP contribution is -2.40. The third-order valence-electron chi connectivity index (χ3n) is 5.87. The summed E-state index contributed by atoms with van der Waals surface area (Å²) in [5.74, 6) is -0.743. The number of aryl methyl sites for hydroxylation is 2. The lowest BCUT2D eigenvalue weighted by Gasteiger charge is -2.13. The summed E-state index contributed by atoms with van der Waals surface area (Å²) in [7, 11) is 1.20. The number of aromatic nitrogens is 3. The van der Waals surface area contributed by atoms with Gasteiger partial charge in [-0.3, -0.25) is 19.5 Å². The number of fused-ring (bicyclic) bond motifs is 1. The molecular formula is C25H23ClN4O7. The number of hydrogen-bond acceptors (Lipinski definition) is 7. The van der Waals surface area contributed by atoms with Gasteiger partial charge in [0.05, 0.1) is 29.6 Å². The van der Waals surface area contributed by atoms with Crippen LogP contribution in [-0.4, -0.2) is 31.7 Å². The number of hydrogen-bond donors (Lipinski definition) is 0. The van der Waals surface area contributed by atoms with Crippen LogP contribution in [0.2, 0.25) is 0 Å². The number of ether oxygens (including phenoxy) is 2. The summed E-state index contributed by atoms with van der Waals surface area (Å²) in [6.45, 7) is 0.0926. The number of carbonyl (C=O) groups excluding carboxylic acids is 1. The van der Waals surface area contributed by atoms with Crippen molar-refractivity contribution < 1.29 is 19.2 Å². The summed E-state index contributed by atoms with van der Waals surface area (Å²) in [6, 6.07) is 15.0. The summed E-state index contributed by atoms with van der Waals surface area (Å²) in [5, 5.41) is 10.9. The number of nitrogens with zero attached hydrogens (tertiary/aromatic N) is 4. The van der Waals surface area contributed by atoms with Gasteiger partial charge in [0, 0.05) is 24.9 Å². The van der Waals surface area contributed by atoms with Crippen LogP contribution in [0, 0.1) is 10.1 Å². The van der Waals surface area contributed by atoms with Crippen molar-refractivity contribution in [1.29, 1.82) is 0 Å². The smallest absolute Gasteiger partial charge is 0.340 e. The fourth-order valence-electron chi connectivity index (χ4n) is 4.02. The van der Waals surface area contributed by atoms with Crippen LogP contribution in [0.5, 0.6) is 0 Å². The van der Waals surface area contributed by atoms with Gasteiger partial charge in [0.2, 0.25) is 0 Å². The van der Waals surface area contributed by atoms with Crippen LogP contribution in [0.25, 0.3) is 11.0 Å².